The Morgan fingerprint density at radius 3 is 2.39 bits per heavy atom. The van der Waals surface area contributed by atoms with Crippen LogP contribution in [0.3, 0.4) is 0 Å². The molecule has 59 heavy (non-hydrogen) atoms. The number of nitrogens with one attached hydrogen (secondary N) is 3. The number of aromatic nitrogens is 3. The van der Waals surface area contributed by atoms with Crippen LogP contribution in [0.5, 0.6) is 0 Å². The predicted octanol–water partition coefficient (Wildman–Crippen LogP) is 2.92. The first-order chi connectivity index (χ1) is 28.3. The van der Waals surface area contributed by atoms with E-state index in [2.05, 4.69) is 26.3 Å². The van der Waals surface area contributed by atoms with Crippen molar-refractivity contribution in [1.82, 2.24) is 35.8 Å². The fraction of sp³-hybridized carbons (Fsp3) is 0.500. The first kappa shape index (κ1) is 44.0. The summed E-state index contributed by atoms with van der Waals surface area (Å²) >= 11 is 0. The summed E-state index contributed by atoms with van der Waals surface area (Å²) < 4.78 is 6.69. The van der Waals surface area contributed by atoms with E-state index >= 15 is 0 Å². The second kappa shape index (κ2) is 20.5. The number of hydrogen-bond acceptors (Lipinski definition) is 11. The molecule has 314 valence electrons. The zero-order valence-corrected chi connectivity index (χ0v) is 33.5. The maximum Gasteiger partial charge on any atom is 0.407 e. The Balaban J connectivity index is 1.34. The molecule has 1 saturated heterocycles. The number of Topliss-reactive ketones (excluding diaryl/α,β-unsaturated/α-hetero) is 1. The first-order valence-corrected chi connectivity index (χ1v) is 20.1. The highest BCUT2D eigenvalue weighted by Gasteiger charge is 2.45. The second-order valence-corrected chi connectivity index (χ2v) is 15.7. The van der Waals surface area contributed by atoms with E-state index in [0.29, 0.717) is 25.0 Å². The van der Waals surface area contributed by atoms with Crippen LogP contribution in [0.4, 0.5) is 4.79 Å². The van der Waals surface area contributed by atoms with Gasteiger partial charge in [-0.25, -0.2) is 9.48 Å². The summed E-state index contributed by atoms with van der Waals surface area (Å²) in [6, 6.07) is 13.2. The summed E-state index contributed by atoms with van der Waals surface area (Å²) in [4.78, 5) is 81.5. The lowest BCUT2D eigenvalue weighted by molar-refractivity contribution is -0.142. The number of unbranched alkanes of at least 4 members (excludes halogenated alkanes) is 1. The molecule has 2 aliphatic rings. The van der Waals surface area contributed by atoms with E-state index < -0.39 is 65.3 Å². The van der Waals surface area contributed by atoms with E-state index in [-0.39, 0.29) is 49.6 Å². The van der Waals surface area contributed by atoms with Gasteiger partial charge in [-0.15, -0.1) is 5.10 Å². The zero-order valence-electron chi connectivity index (χ0n) is 33.5. The number of primary amides is 1. The molecule has 2 fully saturated rings. The molecule has 1 saturated carbocycles. The van der Waals surface area contributed by atoms with Crippen LogP contribution in [-0.2, 0) is 36.1 Å². The van der Waals surface area contributed by atoms with Crippen LogP contribution in [-0.4, -0.2) is 91.7 Å². The zero-order chi connectivity index (χ0) is 42.5. The Hall–Kier alpha value is -6.15. The number of ketones is 1. The molecule has 2 aromatic carbocycles. The Labute approximate surface area is 343 Å². The van der Waals surface area contributed by atoms with Crippen LogP contribution in [0.1, 0.15) is 111 Å². The van der Waals surface area contributed by atoms with Gasteiger partial charge < -0.3 is 36.4 Å². The minimum absolute atomic E-state index is 0.00211. The quantitative estimate of drug-likeness (QED) is 0.0923. The lowest BCUT2D eigenvalue weighted by Gasteiger charge is -2.32. The average Bonchev–Trinajstić information content (AvgIpc) is 3.91. The average molecular weight is 812 g/mol. The van der Waals surface area contributed by atoms with Crippen LogP contribution >= 0.6 is 0 Å². The molecule has 5 rings (SSSR count). The third-order valence-corrected chi connectivity index (χ3v) is 10.9. The number of rotatable bonds is 18. The summed E-state index contributed by atoms with van der Waals surface area (Å²) in [5, 5.41) is 36.9. The summed E-state index contributed by atoms with van der Waals surface area (Å²) in [6.07, 6.45) is 6.48. The standard InChI is InChI=1S/C42H53N9O8/c1-42(2,58)35-24-46-49-51(35)30-22-34(39(55)47-32(36(52)37(44)53)19-11-12-20-45-41(57)59-26-28-15-7-4-8-16-28)50(25-30)40(56)33(21-27-13-5-3-6-14-27)48-38(54)31-18-10-9-17-29(31)23-43/h4,7-10,15-18,24,27,30,32-34,58H,3,5-6,11-14,19-22,25-26H2,1-2H3,(H2,44,53)(H,45,57)(H,47,55)(H,48,54)/t30-,32?,33+,34-/m0/s1. The van der Waals surface area contributed by atoms with Crippen LogP contribution in [0, 0.1) is 17.2 Å². The van der Waals surface area contributed by atoms with Gasteiger partial charge in [0.25, 0.3) is 11.8 Å². The number of nitriles is 1. The smallest absolute Gasteiger partial charge is 0.407 e. The van der Waals surface area contributed by atoms with Gasteiger partial charge in [-0.05, 0) is 63.1 Å². The van der Waals surface area contributed by atoms with Crippen molar-refractivity contribution in [3.63, 3.8) is 0 Å². The lowest BCUT2D eigenvalue weighted by atomic mass is 9.84. The largest absolute Gasteiger partial charge is 0.445 e. The maximum absolute atomic E-state index is 14.8. The van der Waals surface area contributed by atoms with Crippen LogP contribution in [0.25, 0.3) is 0 Å². The van der Waals surface area contributed by atoms with E-state index in [9.17, 15) is 39.1 Å². The lowest BCUT2D eigenvalue weighted by Crippen LogP contribution is -2.56. The van der Waals surface area contributed by atoms with Crippen molar-refractivity contribution in [2.75, 3.05) is 13.1 Å². The van der Waals surface area contributed by atoms with Crippen molar-refractivity contribution in [2.45, 2.75) is 114 Å². The van der Waals surface area contributed by atoms with Crippen molar-refractivity contribution >= 4 is 35.5 Å². The number of alkyl carbamates (subject to hydrolysis) is 1. The summed E-state index contributed by atoms with van der Waals surface area (Å²) in [5.41, 5.74) is 5.44. The summed E-state index contributed by atoms with van der Waals surface area (Å²) in [5.74, 6) is -4.05. The van der Waals surface area contributed by atoms with Gasteiger partial charge in [-0.3, -0.25) is 24.0 Å². The van der Waals surface area contributed by atoms with E-state index in [1.54, 1.807) is 26.0 Å². The van der Waals surface area contributed by atoms with Gasteiger partial charge in [-0.1, -0.05) is 79.8 Å². The highest BCUT2D eigenvalue weighted by atomic mass is 16.5. The molecule has 1 aliphatic heterocycles. The molecule has 17 heteroatoms. The molecule has 1 aliphatic carbocycles. The van der Waals surface area contributed by atoms with Crippen molar-refractivity contribution < 1.29 is 38.6 Å². The predicted molar refractivity (Wildman–Crippen MR) is 213 cm³/mol. The number of aliphatic hydroxyl groups is 1. The highest BCUT2D eigenvalue weighted by Crippen LogP contribution is 2.33. The molecule has 3 aromatic rings. The van der Waals surface area contributed by atoms with Crippen molar-refractivity contribution in [2.24, 2.45) is 11.7 Å². The van der Waals surface area contributed by atoms with E-state index in [1.165, 1.54) is 27.9 Å². The number of nitrogens with zero attached hydrogens (tertiary/aromatic N) is 5. The Kier molecular flexibility index (Phi) is 15.3. The van der Waals surface area contributed by atoms with Crippen molar-refractivity contribution in [3.05, 3.63) is 83.2 Å². The minimum Gasteiger partial charge on any atom is -0.445 e. The molecule has 5 amide bonds. The molecule has 17 nitrogen and oxygen atoms in total. The highest BCUT2D eigenvalue weighted by molar-refractivity contribution is 6.37. The van der Waals surface area contributed by atoms with Crippen LogP contribution in [0.15, 0.2) is 60.8 Å². The second-order valence-electron chi connectivity index (χ2n) is 15.7. The summed E-state index contributed by atoms with van der Waals surface area (Å²) in [6.45, 7) is 3.34. The van der Waals surface area contributed by atoms with Gasteiger partial charge >= 0.3 is 6.09 Å². The Morgan fingerprint density at radius 2 is 1.69 bits per heavy atom. The number of hydrogen-bond donors (Lipinski definition) is 5. The van der Waals surface area contributed by atoms with Crippen molar-refractivity contribution in [3.8, 4) is 6.07 Å². The normalized spacial score (nSPS) is 17.9. The van der Waals surface area contributed by atoms with E-state index in [1.807, 2.05) is 36.4 Å². The minimum atomic E-state index is -1.38. The number of likely N-dealkylation sites (tertiary alicyclic amines) is 1. The molecule has 1 aromatic heterocycles. The topological polar surface area (TPSA) is 252 Å². The molecule has 0 bridgehead atoms. The van der Waals surface area contributed by atoms with Gasteiger partial charge in [0.15, 0.2) is 0 Å². The van der Waals surface area contributed by atoms with Gasteiger partial charge in [0, 0.05) is 19.5 Å². The van der Waals surface area contributed by atoms with Gasteiger partial charge in [-0.2, -0.15) is 5.26 Å². The number of nitrogens with two attached hydrogens (primary N) is 1. The fourth-order valence-corrected chi connectivity index (χ4v) is 7.77. The first-order valence-electron chi connectivity index (χ1n) is 20.1. The monoisotopic (exact) mass is 811 g/mol. The van der Waals surface area contributed by atoms with Gasteiger partial charge in [0.2, 0.25) is 17.6 Å². The molecule has 0 radical (unpaired) electrons. The molecular weight excluding hydrogens is 759 g/mol. The van der Waals surface area contributed by atoms with E-state index in [4.69, 9.17) is 10.5 Å². The number of carbonyl (C=O) groups is 6. The third kappa shape index (κ3) is 11.9. The van der Waals surface area contributed by atoms with Crippen molar-refractivity contribution in [1.29, 1.82) is 5.26 Å². The summed E-state index contributed by atoms with van der Waals surface area (Å²) in [7, 11) is 0. The molecule has 1 unspecified atom stereocenters. The number of amides is 5. The van der Waals surface area contributed by atoms with Crippen LogP contribution < -0.4 is 21.7 Å². The van der Waals surface area contributed by atoms with Gasteiger partial charge in [0.05, 0.1) is 41.2 Å². The number of benzene rings is 2. The van der Waals surface area contributed by atoms with Crippen LogP contribution in [0.2, 0.25) is 0 Å². The number of carbonyl (C=O) groups excluding carboxylic acids is 6. The van der Waals surface area contributed by atoms with Gasteiger partial charge in [0.1, 0.15) is 24.3 Å². The molecular formula is C42H53N9O8. The van der Waals surface area contributed by atoms with E-state index in [0.717, 1.165) is 37.7 Å². The molecule has 4 atom stereocenters. The third-order valence-electron chi connectivity index (χ3n) is 10.9. The Bertz CT molecular complexity index is 2000. The SMILES string of the molecule is CC(C)(O)c1cnnn1[C@H]1C[C@@H](C(=O)NC(CCCCNC(=O)OCc2ccccc2)C(=O)C(N)=O)N(C(=O)[C@@H](CC2CCCCC2)NC(=O)c2ccccc2C#N)C1. The fourth-order valence-electron chi connectivity index (χ4n) is 7.77. The molecule has 6 N–H and O–H groups in total. The maximum atomic E-state index is 14.8. The number of ether oxygens (including phenoxy) is 1. The Morgan fingerprint density at radius 1 is 0.983 bits per heavy atom. The molecule has 2 heterocycles. The molecule has 0 spiro atoms.